The molecule has 0 radical (unpaired) electrons. The monoisotopic (exact) mass is 422 g/mol. The van der Waals surface area contributed by atoms with Crippen molar-refractivity contribution in [3.8, 4) is 0 Å². The van der Waals surface area contributed by atoms with Crippen molar-refractivity contribution in [2.75, 3.05) is 10.6 Å². The van der Waals surface area contributed by atoms with Crippen LogP contribution in [0.2, 0.25) is 5.02 Å². The number of nitrogens with one attached hydrogen (secondary N) is 2. The third kappa shape index (κ3) is 5.06. The van der Waals surface area contributed by atoms with Gasteiger partial charge in [-0.05, 0) is 42.0 Å². The van der Waals surface area contributed by atoms with Gasteiger partial charge in [0.15, 0.2) is 0 Å². The molecule has 3 heteroatoms. The number of benzene rings is 4. The van der Waals surface area contributed by atoms with Crippen LogP contribution in [-0.2, 0) is 0 Å². The molecule has 2 N–H and O–H groups in total. The first kappa shape index (κ1) is 20.5. The molecule has 0 bridgehead atoms. The molecule has 0 aromatic heterocycles. The Morgan fingerprint density at radius 1 is 0.710 bits per heavy atom. The summed E-state index contributed by atoms with van der Waals surface area (Å²) in [5.74, 6) is 0. The number of para-hydroxylation sites is 2. The largest absolute Gasteiger partial charge is 0.355 e. The van der Waals surface area contributed by atoms with Crippen molar-refractivity contribution in [1.29, 1.82) is 0 Å². The third-order valence-electron chi connectivity index (χ3n) is 4.90. The molecule has 4 aromatic carbocycles. The second-order valence-electron chi connectivity index (χ2n) is 7.03. The van der Waals surface area contributed by atoms with E-state index in [1.54, 1.807) is 0 Å². The fourth-order valence-corrected chi connectivity index (χ4v) is 3.65. The minimum absolute atomic E-state index is 0.684. The molecule has 0 fully saturated rings. The standard InChI is InChI=1S/C28H23ClN2/c1-2-25(26-18-9-10-19-27(26)30-23-15-7-4-8-16-23)28(21-12-5-3-6-13-21)31-24-17-11-14-22(29)20-24/h2-20,30-31H,1H2. The first-order valence-corrected chi connectivity index (χ1v) is 10.5. The molecule has 152 valence electrons. The lowest BCUT2D eigenvalue weighted by molar-refractivity contribution is 1.49. The van der Waals surface area contributed by atoms with Crippen molar-refractivity contribution < 1.29 is 0 Å². The fraction of sp³-hybridized carbons (Fsp3) is 0. The highest BCUT2D eigenvalue weighted by Crippen LogP contribution is 2.34. The Hall–Kier alpha value is -3.75. The summed E-state index contributed by atoms with van der Waals surface area (Å²) < 4.78 is 0. The molecular weight excluding hydrogens is 400 g/mol. The Labute approximate surface area is 188 Å². The average Bonchev–Trinajstić information content (AvgIpc) is 2.81. The van der Waals surface area contributed by atoms with Crippen molar-refractivity contribution >= 4 is 39.9 Å². The molecule has 31 heavy (non-hydrogen) atoms. The zero-order chi connectivity index (χ0) is 21.5. The van der Waals surface area contributed by atoms with Crippen molar-refractivity contribution in [3.05, 3.63) is 138 Å². The van der Waals surface area contributed by atoms with Gasteiger partial charge < -0.3 is 10.6 Å². The molecule has 4 rings (SSSR count). The Balaban J connectivity index is 1.85. The summed E-state index contributed by atoms with van der Waals surface area (Å²) in [6, 6.07) is 36.4. The van der Waals surface area contributed by atoms with Crippen LogP contribution in [-0.4, -0.2) is 0 Å². The number of hydrogen-bond donors (Lipinski definition) is 2. The van der Waals surface area contributed by atoms with Crippen LogP contribution in [0.25, 0.3) is 11.3 Å². The van der Waals surface area contributed by atoms with E-state index in [4.69, 9.17) is 11.6 Å². The van der Waals surface area contributed by atoms with E-state index in [-0.39, 0.29) is 0 Å². The molecule has 0 aliphatic rings. The lowest BCUT2D eigenvalue weighted by atomic mass is 9.97. The molecule has 2 nitrogen and oxygen atoms in total. The lowest BCUT2D eigenvalue weighted by Crippen LogP contribution is -2.04. The van der Waals surface area contributed by atoms with E-state index >= 15 is 0 Å². The second-order valence-corrected chi connectivity index (χ2v) is 7.47. The van der Waals surface area contributed by atoms with Gasteiger partial charge in [0, 0.05) is 33.2 Å². The maximum atomic E-state index is 6.23. The van der Waals surface area contributed by atoms with Crippen LogP contribution >= 0.6 is 11.6 Å². The number of halogens is 1. The van der Waals surface area contributed by atoms with Crippen LogP contribution in [0, 0.1) is 0 Å². The van der Waals surface area contributed by atoms with Gasteiger partial charge in [0.25, 0.3) is 0 Å². The molecule has 0 aliphatic carbocycles. The quantitative estimate of drug-likeness (QED) is 0.231. The van der Waals surface area contributed by atoms with Crippen LogP contribution in [0.1, 0.15) is 11.1 Å². The minimum atomic E-state index is 0.684. The smallest absolute Gasteiger partial charge is 0.0538 e. The molecule has 0 aliphatic heterocycles. The van der Waals surface area contributed by atoms with Gasteiger partial charge in [-0.15, -0.1) is 0 Å². The van der Waals surface area contributed by atoms with Crippen molar-refractivity contribution in [3.63, 3.8) is 0 Å². The van der Waals surface area contributed by atoms with Gasteiger partial charge in [-0.1, -0.05) is 97.1 Å². The highest BCUT2D eigenvalue weighted by molar-refractivity contribution is 6.30. The molecular formula is C28H23ClN2. The van der Waals surface area contributed by atoms with Gasteiger partial charge in [-0.3, -0.25) is 0 Å². The van der Waals surface area contributed by atoms with Crippen molar-refractivity contribution in [2.45, 2.75) is 0 Å². The van der Waals surface area contributed by atoms with E-state index in [0.717, 1.165) is 39.5 Å². The SMILES string of the molecule is C=CC(=C(Nc1cccc(Cl)c1)c1ccccc1)c1ccccc1Nc1ccccc1. The van der Waals surface area contributed by atoms with Crippen LogP contribution in [0.4, 0.5) is 17.1 Å². The van der Waals surface area contributed by atoms with Crippen molar-refractivity contribution in [2.24, 2.45) is 0 Å². The molecule has 4 aromatic rings. The van der Waals surface area contributed by atoms with E-state index < -0.39 is 0 Å². The maximum absolute atomic E-state index is 6.23. The Kier molecular flexibility index (Phi) is 6.51. The third-order valence-corrected chi connectivity index (χ3v) is 5.14. The topological polar surface area (TPSA) is 24.1 Å². The van der Waals surface area contributed by atoms with E-state index in [2.05, 4.69) is 53.6 Å². The molecule has 0 saturated heterocycles. The summed E-state index contributed by atoms with van der Waals surface area (Å²) in [6.45, 7) is 4.14. The van der Waals surface area contributed by atoms with Crippen LogP contribution in [0.15, 0.2) is 122 Å². The van der Waals surface area contributed by atoms with Gasteiger partial charge in [-0.25, -0.2) is 0 Å². The summed E-state index contributed by atoms with van der Waals surface area (Å²) >= 11 is 6.23. The van der Waals surface area contributed by atoms with Gasteiger partial charge in [0.1, 0.15) is 0 Å². The molecule has 0 amide bonds. The zero-order valence-corrected chi connectivity index (χ0v) is 17.8. The lowest BCUT2D eigenvalue weighted by Gasteiger charge is -2.19. The summed E-state index contributed by atoms with van der Waals surface area (Å²) in [5, 5.41) is 7.79. The molecule has 0 spiro atoms. The van der Waals surface area contributed by atoms with Crippen LogP contribution < -0.4 is 10.6 Å². The predicted molar refractivity (Wildman–Crippen MR) is 135 cm³/mol. The summed E-state index contributed by atoms with van der Waals surface area (Å²) in [6.07, 6.45) is 1.89. The molecule has 0 unspecified atom stereocenters. The fourth-order valence-electron chi connectivity index (χ4n) is 3.46. The highest BCUT2D eigenvalue weighted by Gasteiger charge is 2.13. The van der Waals surface area contributed by atoms with Crippen LogP contribution in [0.5, 0.6) is 0 Å². The predicted octanol–water partition coefficient (Wildman–Crippen LogP) is 8.25. The van der Waals surface area contributed by atoms with Gasteiger partial charge >= 0.3 is 0 Å². The Morgan fingerprint density at radius 2 is 1.35 bits per heavy atom. The number of allylic oxidation sites excluding steroid dienone is 2. The molecule has 0 saturated carbocycles. The van der Waals surface area contributed by atoms with Gasteiger partial charge in [0.2, 0.25) is 0 Å². The van der Waals surface area contributed by atoms with E-state index in [1.807, 2.05) is 78.9 Å². The number of rotatable bonds is 7. The zero-order valence-electron chi connectivity index (χ0n) is 17.1. The summed E-state index contributed by atoms with van der Waals surface area (Å²) in [5.41, 5.74) is 7.01. The van der Waals surface area contributed by atoms with Crippen molar-refractivity contribution in [1.82, 2.24) is 0 Å². The minimum Gasteiger partial charge on any atom is -0.355 e. The normalized spacial score (nSPS) is 11.4. The van der Waals surface area contributed by atoms with Gasteiger partial charge in [-0.2, -0.15) is 0 Å². The van der Waals surface area contributed by atoms with E-state index in [0.29, 0.717) is 5.02 Å². The number of hydrogen-bond acceptors (Lipinski definition) is 2. The first-order valence-electron chi connectivity index (χ1n) is 10.1. The Morgan fingerprint density at radius 3 is 2.06 bits per heavy atom. The summed E-state index contributed by atoms with van der Waals surface area (Å²) in [4.78, 5) is 0. The molecule has 0 atom stereocenters. The highest BCUT2D eigenvalue weighted by atomic mass is 35.5. The second kappa shape index (κ2) is 9.84. The molecule has 0 heterocycles. The summed E-state index contributed by atoms with van der Waals surface area (Å²) in [7, 11) is 0. The Bertz CT molecular complexity index is 1200. The first-order chi connectivity index (χ1) is 15.2. The van der Waals surface area contributed by atoms with E-state index in [9.17, 15) is 0 Å². The van der Waals surface area contributed by atoms with Gasteiger partial charge in [0.05, 0.1) is 5.70 Å². The van der Waals surface area contributed by atoms with E-state index in [1.165, 1.54) is 0 Å². The number of anilines is 3. The average molecular weight is 423 g/mol. The maximum Gasteiger partial charge on any atom is 0.0538 e. The van der Waals surface area contributed by atoms with Crippen LogP contribution in [0.3, 0.4) is 0 Å².